The normalized spacial score (nSPS) is 15.1. The minimum Gasteiger partial charge on any atom is -0.452 e. The van der Waals surface area contributed by atoms with Crippen molar-refractivity contribution in [1.82, 2.24) is 9.21 Å². The van der Waals surface area contributed by atoms with Gasteiger partial charge in [-0.3, -0.25) is 4.79 Å². The fraction of sp³-hybridized carbons (Fsp3) is 0.300. The number of nitrogens with zero attached hydrogens (tertiary/aromatic N) is 2. The summed E-state index contributed by atoms with van der Waals surface area (Å²) < 4.78 is 31.8. The largest absolute Gasteiger partial charge is 0.452 e. The third-order valence-corrected chi connectivity index (χ3v) is 7.33. The van der Waals surface area contributed by atoms with Crippen LogP contribution in [0.4, 0.5) is 0 Å². The first-order valence-corrected chi connectivity index (χ1v) is 11.7. The molecule has 0 N–H and O–H groups in total. The fourth-order valence-corrected chi connectivity index (χ4v) is 5.06. The van der Waals surface area contributed by atoms with Crippen molar-refractivity contribution in [3.63, 3.8) is 0 Å². The van der Waals surface area contributed by atoms with Crippen LogP contribution in [0, 0.1) is 0 Å². The van der Waals surface area contributed by atoms with Crippen LogP contribution in [0.3, 0.4) is 0 Å². The summed E-state index contributed by atoms with van der Waals surface area (Å²) in [6.07, 6.45) is 1.86. The lowest BCUT2D eigenvalue weighted by Gasteiger charge is -2.33. The number of sulfonamides is 1. The summed E-state index contributed by atoms with van der Waals surface area (Å²) in [4.78, 5) is 27.2. The predicted molar refractivity (Wildman–Crippen MR) is 110 cm³/mol. The van der Waals surface area contributed by atoms with Crippen LogP contribution in [0.5, 0.6) is 0 Å². The molecule has 0 bridgehead atoms. The van der Waals surface area contributed by atoms with Crippen molar-refractivity contribution in [3.8, 4) is 0 Å². The van der Waals surface area contributed by atoms with Crippen LogP contribution in [0.25, 0.3) is 0 Å². The smallest absolute Gasteiger partial charge is 0.339 e. The van der Waals surface area contributed by atoms with Crippen LogP contribution >= 0.6 is 11.8 Å². The van der Waals surface area contributed by atoms with Gasteiger partial charge >= 0.3 is 5.97 Å². The summed E-state index contributed by atoms with van der Waals surface area (Å²) in [5.74, 6) is -0.884. The number of thioether (sulfide) groups is 1. The highest BCUT2D eigenvalue weighted by molar-refractivity contribution is 7.98. The Morgan fingerprint density at radius 3 is 2.24 bits per heavy atom. The van der Waals surface area contributed by atoms with E-state index in [2.05, 4.69) is 0 Å². The second-order valence-electron chi connectivity index (χ2n) is 6.37. The first-order chi connectivity index (χ1) is 13.9. The molecule has 7 nitrogen and oxygen atoms in total. The lowest BCUT2D eigenvalue weighted by molar-refractivity contribution is -0.135. The van der Waals surface area contributed by atoms with Gasteiger partial charge in [0.25, 0.3) is 5.91 Å². The summed E-state index contributed by atoms with van der Waals surface area (Å²) in [6, 6.07) is 15.3. The van der Waals surface area contributed by atoms with E-state index in [1.165, 1.54) is 21.0 Å². The van der Waals surface area contributed by atoms with Crippen LogP contribution < -0.4 is 0 Å². The Morgan fingerprint density at radius 1 is 0.966 bits per heavy atom. The van der Waals surface area contributed by atoms with Crippen molar-refractivity contribution in [3.05, 3.63) is 60.2 Å². The minimum atomic E-state index is -3.57. The molecule has 1 aliphatic heterocycles. The van der Waals surface area contributed by atoms with Gasteiger partial charge in [-0.05, 0) is 30.5 Å². The van der Waals surface area contributed by atoms with E-state index in [0.717, 1.165) is 4.90 Å². The lowest BCUT2D eigenvalue weighted by atomic mass is 10.2. The standard InChI is InChI=1S/C20H22N2O5S2/c1-28-18-10-6-5-9-17(18)20(24)27-15-19(23)21-11-13-22(14-12-21)29(25,26)16-7-3-2-4-8-16/h2-10H,11-15H2,1H3. The Balaban J connectivity index is 1.53. The maximum absolute atomic E-state index is 12.6. The molecule has 154 valence electrons. The zero-order valence-electron chi connectivity index (χ0n) is 16.0. The van der Waals surface area contributed by atoms with Gasteiger partial charge in [0.1, 0.15) is 0 Å². The Labute approximate surface area is 174 Å². The van der Waals surface area contributed by atoms with Crippen LogP contribution in [-0.4, -0.2) is 68.5 Å². The van der Waals surface area contributed by atoms with Crippen molar-refractivity contribution < 1.29 is 22.7 Å². The van der Waals surface area contributed by atoms with E-state index < -0.39 is 16.0 Å². The van der Waals surface area contributed by atoms with Gasteiger partial charge in [-0.2, -0.15) is 4.31 Å². The molecule has 0 unspecified atom stereocenters. The molecule has 0 spiro atoms. The van der Waals surface area contributed by atoms with Crippen LogP contribution in [-0.2, 0) is 19.6 Å². The molecule has 1 saturated heterocycles. The number of carbonyl (C=O) groups is 2. The Kier molecular flexibility index (Phi) is 6.94. The summed E-state index contributed by atoms with van der Waals surface area (Å²) in [7, 11) is -3.57. The first kappa shape index (κ1) is 21.4. The second-order valence-corrected chi connectivity index (χ2v) is 9.16. The summed E-state index contributed by atoms with van der Waals surface area (Å²) >= 11 is 1.43. The first-order valence-electron chi connectivity index (χ1n) is 9.06. The van der Waals surface area contributed by atoms with Gasteiger partial charge in [-0.1, -0.05) is 30.3 Å². The van der Waals surface area contributed by atoms with Crippen molar-refractivity contribution >= 4 is 33.7 Å². The van der Waals surface area contributed by atoms with E-state index in [9.17, 15) is 18.0 Å². The van der Waals surface area contributed by atoms with Crippen LogP contribution in [0.2, 0.25) is 0 Å². The van der Waals surface area contributed by atoms with Crippen molar-refractivity contribution in [2.75, 3.05) is 39.0 Å². The Morgan fingerprint density at radius 2 is 1.59 bits per heavy atom. The molecule has 0 aromatic heterocycles. The number of hydrogen-bond donors (Lipinski definition) is 0. The molecule has 9 heteroatoms. The topological polar surface area (TPSA) is 84.0 Å². The molecule has 0 radical (unpaired) electrons. The van der Waals surface area contributed by atoms with Crippen molar-refractivity contribution in [1.29, 1.82) is 0 Å². The molecule has 1 fully saturated rings. The SMILES string of the molecule is CSc1ccccc1C(=O)OCC(=O)N1CCN(S(=O)(=O)c2ccccc2)CC1. The molecule has 2 aromatic rings. The summed E-state index contributed by atoms with van der Waals surface area (Å²) in [6.45, 7) is 0.541. The number of benzene rings is 2. The molecule has 29 heavy (non-hydrogen) atoms. The van der Waals surface area contributed by atoms with Gasteiger partial charge in [-0.15, -0.1) is 11.8 Å². The number of esters is 1. The molecule has 0 saturated carbocycles. The van der Waals surface area contributed by atoms with E-state index in [4.69, 9.17) is 4.74 Å². The molecule has 0 aliphatic carbocycles. The monoisotopic (exact) mass is 434 g/mol. The zero-order valence-corrected chi connectivity index (χ0v) is 17.6. The quantitative estimate of drug-likeness (QED) is 0.511. The van der Waals surface area contributed by atoms with Crippen LogP contribution in [0.1, 0.15) is 10.4 Å². The number of rotatable bonds is 6. The lowest BCUT2D eigenvalue weighted by Crippen LogP contribution is -2.51. The zero-order chi connectivity index (χ0) is 20.9. The van der Waals surface area contributed by atoms with E-state index in [1.54, 1.807) is 42.5 Å². The van der Waals surface area contributed by atoms with Gasteiger partial charge < -0.3 is 9.64 Å². The Hall–Kier alpha value is -2.36. The predicted octanol–water partition coefficient (Wildman–Crippen LogP) is 2.10. The van der Waals surface area contributed by atoms with Gasteiger partial charge in [0.05, 0.1) is 10.5 Å². The molecule has 2 aromatic carbocycles. The van der Waals surface area contributed by atoms with Crippen molar-refractivity contribution in [2.24, 2.45) is 0 Å². The molecule has 3 rings (SSSR count). The molecule has 1 aliphatic rings. The molecular formula is C20H22N2O5S2. The highest BCUT2D eigenvalue weighted by Crippen LogP contribution is 2.21. The summed E-state index contributed by atoms with van der Waals surface area (Å²) in [5, 5.41) is 0. The van der Waals surface area contributed by atoms with Gasteiger partial charge in [0.15, 0.2) is 6.61 Å². The molecule has 0 atom stereocenters. The Bertz CT molecular complexity index is 971. The fourth-order valence-electron chi connectivity index (χ4n) is 3.03. The number of piperazine rings is 1. The second kappa shape index (κ2) is 9.43. The van der Waals surface area contributed by atoms with E-state index in [-0.39, 0.29) is 43.6 Å². The molecular weight excluding hydrogens is 412 g/mol. The third-order valence-electron chi connectivity index (χ3n) is 4.63. The molecule has 1 heterocycles. The maximum Gasteiger partial charge on any atom is 0.339 e. The number of carbonyl (C=O) groups excluding carboxylic acids is 2. The highest BCUT2D eigenvalue weighted by Gasteiger charge is 2.30. The average molecular weight is 435 g/mol. The van der Waals surface area contributed by atoms with E-state index in [0.29, 0.717) is 5.56 Å². The minimum absolute atomic E-state index is 0.201. The number of ether oxygens (including phenoxy) is 1. The third kappa shape index (κ3) is 4.98. The number of hydrogen-bond acceptors (Lipinski definition) is 6. The van der Waals surface area contributed by atoms with Crippen LogP contribution in [0.15, 0.2) is 64.4 Å². The average Bonchev–Trinajstić information content (AvgIpc) is 2.77. The number of amides is 1. The van der Waals surface area contributed by atoms with E-state index >= 15 is 0 Å². The summed E-state index contributed by atoms with van der Waals surface area (Å²) in [5.41, 5.74) is 0.423. The maximum atomic E-state index is 12.6. The molecule has 1 amide bonds. The van der Waals surface area contributed by atoms with Gasteiger partial charge in [0, 0.05) is 31.1 Å². The van der Waals surface area contributed by atoms with E-state index in [1.807, 2.05) is 18.4 Å². The van der Waals surface area contributed by atoms with Gasteiger partial charge in [0.2, 0.25) is 10.0 Å². The van der Waals surface area contributed by atoms with Gasteiger partial charge in [-0.25, -0.2) is 13.2 Å². The highest BCUT2D eigenvalue weighted by atomic mass is 32.2. The van der Waals surface area contributed by atoms with Crippen molar-refractivity contribution in [2.45, 2.75) is 9.79 Å².